The molecule has 0 bridgehead atoms. The fourth-order valence-electron chi connectivity index (χ4n) is 3.88. The minimum atomic E-state index is 0.0623. The standard InChI is InChI=1S/C22H25N3O2/c1-14-8-3-5-11-17(14)23-21-15-9-4-6-12-18(15)24-22(25-21)16-10-7-13-19(27-2)20(16)26/h4,6-7,9-10,12-14,17,26H,3,5,8,11H2,1-2H3,(H,23,24,25)/t14-,17+/m1/s1. The quantitative estimate of drug-likeness (QED) is 0.683. The van der Waals surface area contributed by atoms with Crippen molar-refractivity contribution in [1.29, 1.82) is 0 Å². The summed E-state index contributed by atoms with van der Waals surface area (Å²) in [5, 5.41) is 15.2. The average molecular weight is 363 g/mol. The van der Waals surface area contributed by atoms with Gasteiger partial charge in [0.2, 0.25) is 0 Å². The van der Waals surface area contributed by atoms with Gasteiger partial charge in [0.05, 0.1) is 18.2 Å². The molecule has 0 radical (unpaired) electrons. The zero-order chi connectivity index (χ0) is 18.8. The Kier molecular flexibility index (Phi) is 4.84. The zero-order valence-corrected chi connectivity index (χ0v) is 15.8. The molecule has 5 nitrogen and oxygen atoms in total. The third-order valence-corrected chi connectivity index (χ3v) is 5.50. The van der Waals surface area contributed by atoms with E-state index < -0.39 is 0 Å². The molecular weight excluding hydrogens is 338 g/mol. The maximum atomic E-state index is 10.5. The van der Waals surface area contributed by atoms with Gasteiger partial charge in [-0.15, -0.1) is 0 Å². The number of fused-ring (bicyclic) bond motifs is 1. The van der Waals surface area contributed by atoms with Gasteiger partial charge in [0.1, 0.15) is 5.82 Å². The molecule has 0 spiro atoms. The van der Waals surface area contributed by atoms with Crippen molar-refractivity contribution in [2.24, 2.45) is 5.92 Å². The van der Waals surface area contributed by atoms with E-state index in [-0.39, 0.29) is 5.75 Å². The number of hydrogen-bond donors (Lipinski definition) is 2. The van der Waals surface area contributed by atoms with Gasteiger partial charge in [-0.05, 0) is 43.0 Å². The number of methoxy groups -OCH3 is 1. The van der Waals surface area contributed by atoms with E-state index in [2.05, 4.69) is 17.2 Å². The van der Waals surface area contributed by atoms with Crippen molar-refractivity contribution < 1.29 is 9.84 Å². The molecule has 1 aliphatic carbocycles. The van der Waals surface area contributed by atoms with E-state index >= 15 is 0 Å². The summed E-state index contributed by atoms with van der Waals surface area (Å²) in [6.45, 7) is 2.30. The molecule has 140 valence electrons. The summed E-state index contributed by atoms with van der Waals surface area (Å²) in [5.74, 6) is 2.42. The summed E-state index contributed by atoms with van der Waals surface area (Å²) < 4.78 is 5.24. The van der Waals surface area contributed by atoms with Crippen molar-refractivity contribution in [3.63, 3.8) is 0 Å². The Morgan fingerprint density at radius 1 is 1.04 bits per heavy atom. The van der Waals surface area contributed by atoms with Gasteiger partial charge in [-0.25, -0.2) is 9.97 Å². The summed E-state index contributed by atoms with van der Waals surface area (Å²) in [6.07, 6.45) is 4.94. The number of aromatic nitrogens is 2. The Bertz CT molecular complexity index is 957. The summed E-state index contributed by atoms with van der Waals surface area (Å²) in [7, 11) is 1.54. The molecule has 0 unspecified atom stereocenters. The Morgan fingerprint density at radius 3 is 2.67 bits per heavy atom. The molecule has 1 heterocycles. The van der Waals surface area contributed by atoms with E-state index in [0.717, 1.165) is 23.1 Å². The number of aromatic hydroxyl groups is 1. The second-order valence-corrected chi connectivity index (χ2v) is 7.28. The predicted molar refractivity (Wildman–Crippen MR) is 108 cm³/mol. The lowest BCUT2D eigenvalue weighted by Gasteiger charge is -2.30. The molecule has 1 aromatic heterocycles. The lowest BCUT2D eigenvalue weighted by atomic mass is 9.86. The molecule has 1 saturated carbocycles. The fraction of sp³-hybridized carbons (Fsp3) is 0.364. The van der Waals surface area contributed by atoms with E-state index in [0.29, 0.717) is 29.1 Å². The van der Waals surface area contributed by atoms with Crippen LogP contribution in [0.25, 0.3) is 22.3 Å². The van der Waals surface area contributed by atoms with Crippen LogP contribution in [0, 0.1) is 5.92 Å². The van der Waals surface area contributed by atoms with Crippen LogP contribution < -0.4 is 10.1 Å². The predicted octanol–water partition coefficient (Wildman–Crippen LogP) is 5.00. The zero-order valence-electron chi connectivity index (χ0n) is 15.8. The largest absolute Gasteiger partial charge is 0.504 e. The van der Waals surface area contributed by atoms with Gasteiger partial charge in [0.25, 0.3) is 0 Å². The minimum absolute atomic E-state index is 0.0623. The van der Waals surface area contributed by atoms with Crippen LogP contribution >= 0.6 is 0 Å². The topological polar surface area (TPSA) is 67.3 Å². The van der Waals surface area contributed by atoms with Crippen LogP contribution in [-0.4, -0.2) is 28.2 Å². The van der Waals surface area contributed by atoms with Gasteiger partial charge < -0.3 is 15.2 Å². The maximum absolute atomic E-state index is 10.5. The highest BCUT2D eigenvalue weighted by Crippen LogP contribution is 2.37. The molecular formula is C22H25N3O2. The first-order chi connectivity index (χ1) is 13.2. The lowest BCUT2D eigenvalue weighted by molar-refractivity contribution is 0.349. The van der Waals surface area contributed by atoms with Crippen LogP contribution in [0.5, 0.6) is 11.5 Å². The fourth-order valence-corrected chi connectivity index (χ4v) is 3.88. The number of para-hydroxylation sites is 2. The number of phenols is 1. The van der Waals surface area contributed by atoms with Gasteiger partial charge in [0, 0.05) is 11.4 Å². The van der Waals surface area contributed by atoms with Crippen molar-refractivity contribution in [2.45, 2.75) is 38.6 Å². The monoisotopic (exact) mass is 363 g/mol. The number of anilines is 1. The van der Waals surface area contributed by atoms with Crippen molar-refractivity contribution in [1.82, 2.24) is 9.97 Å². The molecule has 0 amide bonds. The van der Waals surface area contributed by atoms with Crippen LogP contribution in [0.3, 0.4) is 0 Å². The molecule has 1 aliphatic rings. The van der Waals surface area contributed by atoms with E-state index in [9.17, 15) is 5.11 Å². The van der Waals surface area contributed by atoms with Gasteiger partial charge in [0.15, 0.2) is 17.3 Å². The maximum Gasteiger partial charge on any atom is 0.168 e. The molecule has 27 heavy (non-hydrogen) atoms. The van der Waals surface area contributed by atoms with E-state index in [1.165, 1.54) is 26.4 Å². The minimum Gasteiger partial charge on any atom is -0.504 e. The highest BCUT2D eigenvalue weighted by Gasteiger charge is 2.23. The number of phenolic OH excluding ortho intramolecular Hbond substituents is 1. The normalized spacial score (nSPS) is 19.8. The second-order valence-electron chi connectivity index (χ2n) is 7.28. The molecule has 2 aromatic carbocycles. The smallest absolute Gasteiger partial charge is 0.168 e. The average Bonchev–Trinajstić information content (AvgIpc) is 2.70. The van der Waals surface area contributed by atoms with Crippen LogP contribution in [0.2, 0.25) is 0 Å². The first-order valence-electron chi connectivity index (χ1n) is 9.57. The third-order valence-electron chi connectivity index (χ3n) is 5.50. The molecule has 1 fully saturated rings. The molecule has 0 aliphatic heterocycles. The highest BCUT2D eigenvalue weighted by molar-refractivity contribution is 5.91. The van der Waals surface area contributed by atoms with Crippen molar-refractivity contribution in [2.75, 3.05) is 12.4 Å². The first kappa shape index (κ1) is 17.6. The van der Waals surface area contributed by atoms with Gasteiger partial charge >= 0.3 is 0 Å². The van der Waals surface area contributed by atoms with E-state index in [4.69, 9.17) is 9.72 Å². The number of nitrogens with one attached hydrogen (secondary N) is 1. The highest BCUT2D eigenvalue weighted by atomic mass is 16.5. The number of hydrogen-bond acceptors (Lipinski definition) is 5. The van der Waals surface area contributed by atoms with Gasteiger partial charge in [-0.2, -0.15) is 0 Å². The van der Waals surface area contributed by atoms with Crippen LogP contribution in [0.1, 0.15) is 32.6 Å². The Labute approximate surface area is 159 Å². The van der Waals surface area contributed by atoms with Crippen LogP contribution in [0.4, 0.5) is 5.82 Å². The number of rotatable bonds is 4. The van der Waals surface area contributed by atoms with Crippen molar-refractivity contribution >= 4 is 16.7 Å². The molecule has 0 saturated heterocycles. The van der Waals surface area contributed by atoms with Crippen LogP contribution in [0.15, 0.2) is 42.5 Å². The summed E-state index contributed by atoms with van der Waals surface area (Å²) in [4.78, 5) is 9.49. The van der Waals surface area contributed by atoms with E-state index in [1.807, 2.05) is 36.4 Å². The Balaban J connectivity index is 1.81. The van der Waals surface area contributed by atoms with Crippen molar-refractivity contribution in [3.8, 4) is 22.9 Å². The van der Waals surface area contributed by atoms with Gasteiger partial charge in [-0.3, -0.25) is 0 Å². The summed E-state index contributed by atoms with van der Waals surface area (Å²) >= 11 is 0. The van der Waals surface area contributed by atoms with Crippen molar-refractivity contribution in [3.05, 3.63) is 42.5 Å². The third kappa shape index (κ3) is 3.42. The summed E-state index contributed by atoms with van der Waals surface area (Å²) in [6, 6.07) is 13.8. The molecule has 5 heteroatoms. The molecule has 4 rings (SSSR count). The van der Waals surface area contributed by atoms with E-state index in [1.54, 1.807) is 6.07 Å². The molecule has 3 aromatic rings. The molecule has 2 atom stereocenters. The number of benzene rings is 2. The van der Waals surface area contributed by atoms with Gasteiger partial charge in [-0.1, -0.05) is 38.0 Å². The summed E-state index contributed by atoms with van der Waals surface area (Å²) in [5.41, 5.74) is 1.43. The Hall–Kier alpha value is -2.82. The Morgan fingerprint density at radius 2 is 1.85 bits per heavy atom. The lowest BCUT2D eigenvalue weighted by Crippen LogP contribution is -2.30. The second kappa shape index (κ2) is 7.43. The number of ether oxygens (including phenoxy) is 1. The van der Waals surface area contributed by atoms with Crippen LogP contribution in [-0.2, 0) is 0 Å². The molecule has 2 N–H and O–H groups in total. The number of nitrogens with zero attached hydrogens (tertiary/aromatic N) is 2. The first-order valence-corrected chi connectivity index (χ1v) is 9.57. The SMILES string of the molecule is COc1cccc(-c2nc(N[C@H]3CCCC[C@H]3C)c3ccccc3n2)c1O.